The van der Waals surface area contributed by atoms with E-state index in [1.807, 2.05) is 49.2 Å². The molecular formula is C29H36N4O3. The monoisotopic (exact) mass is 488 g/mol. The van der Waals surface area contributed by atoms with Crippen LogP contribution in [0.15, 0.2) is 48.7 Å². The van der Waals surface area contributed by atoms with E-state index in [0.29, 0.717) is 19.8 Å². The number of nitrogens with zero attached hydrogens (tertiary/aromatic N) is 2. The Hall–Kier alpha value is -3.19. The van der Waals surface area contributed by atoms with Crippen molar-refractivity contribution in [3.8, 4) is 11.3 Å². The molecule has 2 aliphatic heterocycles. The third-order valence-electron chi connectivity index (χ3n) is 7.87. The zero-order valence-electron chi connectivity index (χ0n) is 21.2. The molecule has 1 aromatic carbocycles. The normalized spacial score (nSPS) is 20.4. The molecule has 7 nitrogen and oxygen atoms in total. The van der Waals surface area contributed by atoms with Gasteiger partial charge >= 0.3 is 0 Å². The van der Waals surface area contributed by atoms with Gasteiger partial charge in [-0.2, -0.15) is 0 Å². The summed E-state index contributed by atoms with van der Waals surface area (Å²) in [6.45, 7) is 5.88. The van der Waals surface area contributed by atoms with E-state index in [1.165, 1.54) is 0 Å². The summed E-state index contributed by atoms with van der Waals surface area (Å²) >= 11 is 0. The molecule has 0 aliphatic carbocycles. The van der Waals surface area contributed by atoms with Crippen LogP contribution in [-0.2, 0) is 14.3 Å². The summed E-state index contributed by atoms with van der Waals surface area (Å²) in [7, 11) is 0. The zero-order chi connectivity index (χ0) is 25.1. The van der Waals surface area contributed by atoms with Crippen molar-refractivity contribution >= 4 is 22.7 Å². The first-order valence-electron chi connectivity index (χ1n) is 13.3. The first-order valence-corrected chi connectivity index (χ1v) is 13.3. The van der Waals surface area contributed by atoms with E-state index in [9.17, 15) is 9.59 Å². The molecule has 0 bridgehead atoms. The van der Waals surface area contributed by atoms with Gasteiger partial charge < -0.3 is 19.9 Å². The maximum absolute atomic E-state index is 14.0. The van der Waals surface area contributed by atoms with Crippen molar-refractivity contribution in [2.24, 2.45) is 11.8 Å². The van der Waals surface area contributed by atoms with Crippen LogP contribution >= 0.6 is 0 Å². The Morgan fingerprint density at radius 1 is 1.17 bits per heavy atom. The summed E-state index contributed by atoms with van der Waals surface area (Å²) < 4.78 is 5.55. The fraction of sp³-hybridized carbons (Fsp3) is 0.483. The van der Waals surface area contributed by atoms with Gasteiger partial charge in [0.1, 0.15) is 6.04 Å². The molecule has 0 saturated carbocycles. The van der Waals surface area contributed by atoms with E-state index in [-0.39, 0.29) is 29.7 Å². The van der Waals surface area contributed by atoms with Crippen LogP contribution in [0.2, 0.25) is 0 Å². The fourth-order valence-electron chi connectivity index (χ4n) is 5.51. The number of pyridine rings is 1. The lowest BCUT2D eigenvalue weighted by Gasteiger charge is -2.35. The Morgan fingerprint density at radius 3 is 2.69 bits per heavy atom. The molecule has 5 rings (SSSR count). The highest BCUT2D eigenvalue weighted by Crippen LogP contribution is 2.36. The number of fused-ring (bicyclic) bond motifs is 1. The summed E-state index contributed by atoms with van der Waals surface area (Å²) in [5, 5.41) is 4.22. The fourth-order valence-corrected chi connectivity index (χ4v) is 5.51. The topological polar surface area (TPSA) is 87.3 Å². The van der Waals surface area contributed by atoms with E-state index < -0.39 is 6.04 Å². The second kappa shape index (κ2) is 10.8. The van der Waals surface area contributed by atoms with E-state index in [4.69, 9.17) is 4.74 Å². The molecule has 2 aliphatic rings. The lowest BCUT2D eigenvalue weighted by molar-refractivity contribution is -0.140. The minimum absolute atomic E-state index is 0.0288. The standard InChI is InChI=1S/C29H36N4O3/c1-3-19(2)28(34)32-27(21-12-16-36-17-13-21)29(35)33-15-7-10-24(33)23-18-22-11-14-30-25(26(22)31-23)20-8-5-4-6-9-20/h4-6,8-9,11,14,18-19,21,24,27,31H,3,7,10,12-13,15-17H2,1-2H3,(H,32,34)/t19-,24+,27+/m1/s1. The van der Waals surface area contributed by atoms with Gasteiger partial charge in [-0.25, -0.2) is 0 Å². The number of benzene rings is 1. The van der Waals surface area contributed by atoms with Crippen molar-refractivity contribution in [2.75, 3.05) is 19.8 Å². The molecule has 0 unspecified atom stereocenters. The molecule has 2 aromatic heterocycles. The minimum atomic E-state index is -0.512. The first-order chi connectivity index (χ1) is 17.6. The van der Waals surface area contributed by atoms with Crippen LogP contribution in [0.5, 0.6) is 0 Å². The van der Waals surface area contributed by atoms with Crippen molar-refractivity contribution in [2.45, 2.75) is 58.0 Å². The number of aromatic amines is 1. The summed E-state index contributed by atoms with van der Waals surface area (Å²) in [6.07, 6.45) is 6.00. The number of hydrogen-bond donors (Lipinski definition) is 2. The quantitative estimate of drug-likeness (QED) is 0.498. The third-order valence-corrected chi connectivity index (χ3v) is 7.87. The highest BCUT2D eigenvalue weighted by Gasteiger charge is 2.39. The molecule has 190 valence electrons. The van der Waals surface area contributed by atoms with Crippen molar-refractivity contribution < 1.29 is 14.3 Å². The smallest absolute Gasteiger partial charge is 0.246 e. The average Bonchev–Trinajstić information content (AvgIpc) is 3.59. The summed E-state index contributed by atoms with van der Waals surface area (Å²) in [6, 6.07) is 13.8. The van der Waals surface area contributed by atoms with Gasteiger partial charge in [0.05, 0.1) is 17.3 Å². The van der Waals surface area contributed by atoms with Crippen LogP contribution in [0.25, 0.3) is 22.2 Å². The molecule has 0 radical (unpaired) electrons. The first kappa shape index (κ1) is 24.5. The number of H-pyrrole nitrogens is 1. The lowest BCUT2D eigenvalue weighted by Crippen LogP contribution is -2.54. The molecule has 36 heavy (non-hydrogen) atoms. The minimum Gasteiger partial charge on any atom is -0.381 e. The second-order valence-electron chi connectivity index (χ2n) is 10.1. The maximum atomic E-state index is 14.0. The Labute approximate surface area is 212 Å². The Morgan fingerprint density at radius 2 is 1.94 bits per heavy atom. The summed E-state index contributed by atoms with van der Waals surface area (Å²) in [5.74, 6) is -0.0346. The van der Waals surface area contributed by atoms with Crippen molar-refractivity contribution in [1.29, 1.82) is 0 Å². The molecule has 2 amide bonds. The van der Waals surface area contributed by atoms with Crippen molar-refractivity contribution in [3.63, 3.8) is 0 Å². The van der Waals surface area contributed by atoms with Crippen LogP contribution in [0.3, 0.4) is 0 Å². The van der Waals surface area contributed by atoms with Gasteiger partial charge in [-0.1, -0.05) is 44.2 Å². The molecule has 0 spiro atoms. The van der Waals surface area contributed by atoms with Gasteiger partial charge in [0, 0.05) is 48.5 Å². The van der Waals surface area contributed by atoms with Gasteiger partial charge in [-0.3, -0.25) is 14.6 Å². The van der Waals surface area contributed by atoms with Gasteiger partial charge in [-0.05, 0) is 50.2 Å². The largest absolute Gasteiger partial charge is 0.381 e. The maximum Gasteiger partial charge on any atom is 0.246 e. The molecular weight excluding hydrogens is 452 g/mol. The summed E-state index contributed by atoms with van der Waals surface area (Å²) in [5.41, 5.74) is 3.99. The lowest BCUT2D eigenvalue weighted by atomic mass is 9.90. The summed E-state index contributed by atoms with van der Waals surface area (Å²) in [4.78, 5) is 37.1. The predicted octanol–water partition coefficient (Wildman–Crippen LogP) is 4.85. The van der Waals surface area contributed by atoms with Crippen LogP contribution in [-0.4, -0.2) is 52.5 Å². The Bertz CT molecular complexity index is 1200. The number of amides is 2. The third kappa shape index (κ3) is 4.89. The second-order valence-corrected chi connectivity index (χ2v) is 10.1. The van der Waals surface area contributed by atoms with E-state index in [1.54, 1.807) is 0 Å². The predicted molar refractivity (Wildman–Crippen MR) is 140 cm³/mol. The molecule has 2 N–H and O–H groups in total. The SMILES string of the molecule is CC[C@@H](C)C(=O)N[C@H](C(=O)N1CCC[C@H]1c1cc2ccnc(-c3ccccc3)c2[nH]1)C1CCOCC1. The molecule has 4 heterocycles. The van der Waals surface area contributed by atoms with Crippen LogP contribution in [0.4, 0.5) is 0 Å². The number of carbonyl (C=O) groups excluding carboxylic acids is 2. The molecule has 3 aromatic rings. The van der Waals surface area contributed by atoms with Crippen LogP contribution in [0, 0.1) is 11.8 Å². The Balaban J connectivity index is 1.44. The molecule has 2 fully saturated rings. The van der Waals surface area contributed by atoms with Crippen molar-refractivity contribution in [3.05, 3.63) is 54.4 Å². The average molecular weight is 489 g/mol. The molecule has 2 saturated heterocycles. The highest BCUT2D eigenvalue weighted by molar-refractivity contribution is 5.93. The van der Waals surface area contributed by atoms with Gasteiger partial charge in [0.2, 0.25) is 11.8 Å². The number of rotatable bonds is 7. The van der Waals surface area contributed by atoms with Gasteiger partial charge in [-0.15, -0.1) is 0 Å². The number of hydrogen-bond acceptors (Lipinski definition) is 4. The number of likely N-dealkylation sites (tertiary alicyclic amines) is 1. The number of aromatic nitrogens is 2. The number of nitrogens with one attached hydrogen (secondary N) is 2. The number of carbonyl (C=O) groups is 2. The highest BCUT2D eigenvalue weighted by atomic mass is 16.5. The zero-order valence-corrected chi connectivity index (χ0v) is 21.2. The van der Waals surface area contributed by atoms with E-state index in [2.05, 4.69) is 33.5 Å². The van der Waals surface area contributed by atoms with Gasteiger partial charge in [0.25, 0.3) is 0 Å². The van der Waals surface area contributed by atoms with Gasteiger partial charge in [0.15, 0.2) is 0 Å². The van der Waals surface area contributed by atoms with Crippen LogP contribution < -0.4 is 5.32 Å². The van der Waals surface area contributed by atoms with E-state index in [0.717, 1.165) is 60.0 Å². The van der Waals surface area contributed by atoms with Crippen molar-refractivity contribution in [1.82, 2.24) is 20.2 Å². The van der Waals surface area contributed by atoms with E-state index >= 15 is 0 Å². The molecule has 7 heteroatoms. The number of ether oxygens (including phenoxy) is 1. The van der Waals surface area contributed by atoms with Crippen LogP contribution in [0.1, 0.15) is 57.7 Å². The Kier molecular flexibility index (Phi) is 7.37. The molecule has 3 atom stereocenters.